The van der Waals surface area contributed by atoms with Gasteiger partial charge in [0.25, 0.3) is 0 Å². The third-order valence-electron chi connectivity index (χ3n) is 3.59. The minimum absolute atomic E-state index is 0.0829. The van der Waals surface area contributed by atoms with Gasteiger partial charge in [0.15, 0.2) is 4.34 Å². The number of carbonyl (C=O) groups is 2. The molecule has 29 heavy (non-hydrogen) atoms. The number of methoxy groups -OCH3 is 1. The van der Waals surface area contributed by atoms with Gasteiger partial charge < -0.3 is 15.4 Å². The standard InChI is InChI=1S/C18H19N5O3S3/c1-26-13-6-4-12(5-7-13)9-20-17-22-23-18(29-17)28-11-15(24)21-16(25)19-10-14-3-2-8-27-14/h2-8H,9-11H2,1H3,(H,20,22)(H2,19,21,24,25). The molecule has 0 saturated carbocycles. The van der Waals surface area contributed by atoms with Gasteiger partial charge in [-0.3, -0.25) is 10.1 Å². The molecular formula is C18H19N5O3S3. The van der Waals surface area contributed by atoms with Crippen LogP contribution in [-0.2, 0) is 17.9 Å². The number of ether oxygens (including phenoxy) is 1. The van der Waals surface area contributed by atoms with Gasteiger partial charge in [-0.1, -0.05) is 41.3 Å². The summed E-state index contributed by atoms with van der Waals surface area (Å²) in [7, 11) is 1.63. The van der Waals surface area contributed by atoms with Crippen molar-refractivity contribution in [3.8, 4) is 5.75 Å². The maximum absolute atomic E-state index is 11.9. The van der Waals surface area contributed by atoms with Crippen LogP contribution >= 0.6 is 34.4 Å². The van der Waals surface area contributed by atoms with Crippen molar-refractivity contribution in [3.05, 3.63) is 52.2 Å². The average molecular weight is 450 g/mol. The van der Waals surface area contributed by atoms with Crippen LogP contribution in [0.25, 0.3) is 0 Å². The molecule has 2 aromatic heterocycles. The second kappa shape index (κ2) is 10.8. The Kier molecular flexibility index (Phi) is 7.85. The number of carbonyl (C=O) groups excluding carboxylic acids is 2. The molecule has 0 fully saturated rings. The number of anilines is 1. The van der Waals surface area contributed by atoms with Gasteiger partial charge in [-0.15, -0.1) is 21.5 Å². The van der Waals surface area contributed by atoms with E-state index in [9.17, 15) is 9.59 Å². The summed E-state index contributed by atoms with van der Waals surface area (Å²) >= 11 is 4.13. The molecule has 152 valence electrons. The average Bonchev–Trinajstić information content (AvgIpc) is 3.41. The third kappa shape index (κ3) is 7.04. The van der Waals surface area contributed by atoms with Crippen LogP contribution in [0.2, 0.25) is 0 Å². The first kappa shape index (κ1) is 21.1. The minimum atomic E-state index is -0.511. The van der Waals surface area contributed by atoms with Gasteiger partial charge >= 0.3 is 6.03 Å². The Morgan fingerprint density at radius 3 is 2.69 bits per heavy atom. The molecule has 0 radical (unpaired) electrons. The first-order chi connectivity index (χ1) is 14.1. The molecule has 0 unspecified atom stereocenters. The molecule has 11 heteroatoms. The Morgan fingerprint density at radius 2 is 1.97 bits per heavy atom. The highest BCUT2D eigenvalue weighted by molar-refractivity contribution is 8.01. The molecule has 0 aliphatic carbocycles. The molecule has 0 aliphatic heterocycles. The molecule has 0 aliphatic rings. The van der Waals surface area contributed by atoms with Crippen LogP contribution < -0.4 is 20.7 Å². The summed E-state index contributed by atoms with van der Waals surface area (Å²) in [5.41, 5.74) is 1.09. The predicted molar refractivity (Wildman–Crippen MR) is 116 cm³/mol. The van der Waals surface area contributed by atoms with Crippen molar-refractivity contribution in [1.29, 1.82) is 0 Å². The quantitative estimate of drug-likeness (QED) is 0.430. The normalized spacial score (nSPS) is 10.4. The number of thioether (sulfide) groups is 1. The molecule has 1 aromatic carbocycles. The van der Waals surface area contributed by atoms with Crippen molar-refractivity contribution < 1.29 is 14.3 Å². The van der Waals surface area contributed by atoms with Gasteiger partial charge in [0.05, 0.1) is 19.4 Å². The van der Waals surface area contributed by atoms with Gasteiger partial charge in [0.2, 0.25) is 11.0 Å². The van der Waals surface area contributed by atoms with E-state index in [0.29, 0.717) is 22.6 Å². The Balaban J connectivity index is 1.36. The molecule has 0 saturated heterocycles. The zero-order valence-corrected chi connectivity index (χ0v) is 18.0. The van der Waals surface area contributed by atoms with Gasteiger partial charge in [-0.05, 0) is 29.1 Å². The molecule has 0 atom stereocenters. The monoisotopic (exact) mass is 449 g/mol. The van der Waals surface area contributed by atoms with Crippen LogP contribution in [0.3, 0.4) is 0 Å². The number of rotatable bonds is 9. The lowest BCUT2D eigenvalue weighted by atomic mass is 10.2. The Bertz CT molecular complexity index is 929. The van der Waals surface area contributed by atoms with Crippen molar-refractivity contribution in [1.82, 2.24) is 20.8 Å². The number of thiophene rings is 1. The summed E-state index contributed by atoms with van der Waals surface area (Å²) in [4.78, 5) is 24.7. The van der Waals surface area contributed by atoms with Crippen molar-refractivity contribution in [3.63, 3.8) is 0 Å². The van der Waals surface area contributed by atoms with E-state index in [-0.39, 0.29) is 11.7 Å². The summed E-state index contributed by atoms with van der Waals surface area (Å²) < 4.78 is 5.78. The predicted octanol–water partition coefficient (Wildman–Crippen LogP) is 3.34. The molecule has 3 N–H and O–H groups in total. The van der Waals surface area contributed by atoms with E-state index in [1.807, 2.05) is 41.8 Å². The summed E-state index contributed by atoms with van der Waals surface area (Å²) in [6.07, 6.45) is 0. The number of nitrogens with one attached hydrogen (secondary N) is 3. The van der Waals surface area contributed by atoms with E-state index in [0.717, 1.165) is 16.2 Å². The van der Waals surface area contributed by atoms with E-state index in [4.69, 9.17) is 4.74 Å². The molecule has 0 bridgehead atoms. The second-order valence-electron chi connectivity index (χ2n) is 5.67. The lowest BCUT2D eigenvalue weighted by Gasteiger charge is -2.04. The fourth-order valence-corrected chi connectivity index (χ4v) is 4.37. The highest BCUT2D eigenvalue weighted by Gasteiger charge is 2.11. The third-order valence-corrected chi connectivity index (χ3v) is 6.48. The largest absolute Gasteiger partial charge is 0.497 e. The number of urea groups is 1. The molecule has 8 nitrogen and oxygen atoms in total. The van der Waals surface area contributed by atoms with Gasteiger partial charge in [-0.25, -0.2) is 4.79 Å². The van der Waals surface area contributed by atoms with Crippen molar-refractivity contribution in [2.45, 2.75) is 17.4 Å². The maximum atomic E-state index is 11.9. The Hall–Kier alpha value is -2.63. The van der Waals surface area contributed by atoms with Gasteiger partial charge in [0.1, 0.15) is 5.75 Å². The highest BCUT2D eigenvalue weighted by atomic mass is 32.2. The van der Waals surface area contributed by atoms with Crippen molar-refractivity contribution >= 4 is 51.5 Å². The molecular weight excluding hydrogens is 430 g/mol. The fraction of sp³-hybridized carbons (Fsp3) is 0.222. The summed E-state index contributed by atoms with van der Waals surface area (Å²) in [5, 5.41) is 18.8. The number of hydrogen-bond donors (Lipinski definition) is 3. The van der Waals surface area contributed by atoms with Crippen molar-refractivity contribution in [2.75, 3.05) is 18.2 Å². The zero-order valence-electron chi connectivity index (χ0n) is 15.5. The van der Waals surface area contributed by atoms with E-state index in [1.165, 1.54) is 23.1 Å². The number of hydrogen-bond acceptors (Lipinski definition) is 9. The lowest BCUT2D eigenvalue weighted by molar-refractivity contribution is -0.117. The molecule has 3 amide bonds. The van der Waals surface area contributed by atoms with E-state index >= 15 is 0 Å². The minimum Gasteiger partial charge on any atom is -0.497 e. The second-order valence-corrected chi connectivity index (χ2v) is 8.91. The van der Waals surface area contributed by atoms with Crippen LogP contribution in [-0.4, -0.2) is 35.0 Å². The van der Waals surface area contributed by atoms with E-state index in [1.54, 1.807) is 18.4 Å². The number of benzene rings is 1. The van der Waals surface area contributed by atoms with Crippen LogP contribution in [0, 0.1) is 0 Å². The smallest absolute Gasteiger partial charge is 0.321 e. The van der Waals surface area contributed by atoms with E-state index < -0.39 is 6.03 Å². The first-order valence-electron chi connectivity index (χ1n) is 8.55. The maximum Gasteiger partial charge on any atom is 0.321 e. The first-order valence-corrected chi connectivity index (χ1v) is 11.2. The molecule has 0 spiro atoms. The zero-order chi connectivity index (χ0) is 20.5. The number of nitrogens with zero attached hydrogens (tertiary/aromatic N) is 2. The summed E-state index contributed by atoms with van der Waals surface area (Å²) in [6.45, 7) is 0.998. The summed E-state index contributed by atoms with van der Waals surface area (Å²) in [5.74, 6) is 0.503. The van der Waals surface area contributed by atoms with Crippen LogP contribution in [0.4, 0.5) is 9.93 Å². The molecule has 2 heterocycles. The fourth-order valence-electron chi connectivity index (χ4n) is 2.18. The Labute approximate surface area is 180 Å². The number of aromatic nitrogens is 2. The van der Waals surface area contributed by atoms with E-state index in [2.05, 4.69) is 26.1 Å². The van der Waals surface area contributed by atoms with Gasteiger partial charge in [0, 0.05) is 11.4 Å². The Morgan fingerprint density at radius 1 is 1.14 bits per heavy atom. The number of imide groups is 1. The summed E-state index contributed by atoms with van der Waals surface area (Å²) in [6, 6.07) is 11.0. The van der Waals surface area contributed by atoms with Crippen LogP contribution in [0.1, 0.15) is 10.4 Å². The SMILES string of the molecule is COc1ccc(CNc2nnc(SCC(=O)NC(=O)NCc3cccs3)s2)cc1. The van der Waals surface area contributed by atoms with Gasteiger partial charge in [-0.2, -0.15) is 0 Å². The molecule has 3 rings (SSSR count). The lowest BCUT2D eigenvalue weighted by Crippen LogP contribution is -2.39. The van der Waals surface area contributed by atoms with Crippen LogP contribution in [0.5, 0.6) is 5.75 Å². The molecule has 3 aromatic rings. The number of amides is 3. The highest BCUT2D eigenvalue weighted by Crippen LogP contribution is 2.25. The van der Waals surface area contributed by atoms with Crippen molar-refractivity contribution in [2.24, 2.45) is 0 Å². The van der Waals surface area contributed by atoms with Crippen LogP contribution in [0.15, 0.2) is 46.1 Å². The topological polar surface area (TPSA) is 105 Å².